The second kappa shape index (κ2) is 13.7. The second-order valence-electron chi connectivity index (χ2n) is 9.96. The summed E-state index contributed by atoms with van der Waals surface area (Å²) in [7, 11) is -4.10. The lowest BCUT2D eigenvalue weighted by Gasteiger charge is -2.35. The molecule has 0 spiro atoms. The summed E-state index contributed by atoms with van der Waals surface area (Å²) >= 11 is 9.40. The summed E-state index contributed by atoms with van der Waals surface area (Å²) in [4.78, 5) is 28.5. The smallest absolute Gasteiger partial charge is 0.262 e. The van der Waals surface area contributed by atoms with Crippen molar-refractivity contribution < 1.29 is 22.7 Å². The number of anilines is 1. The number of nitrogens with one attached hydrogen (secondary N) is 1. The quantitative estimate of drug-likeness (QED) is 0.240. The SMILES string of the molecule is O=C(NCCc1ccccc1)C1CN(C(=O)CN(Cc2ccc(Br)cc2)S(=O)(=O)c2ccc(Cl)cc2)c2ccccc2O1. The number of carbonyl (C=O) groups excluding carboxylic acids is 2. The number of benzene rings is 4. The molecule has 1 aliphatic heterocycles. The van der Waals surface area contributed by atoms with Crippen LogP contribution in [0.5, 0.6) is 5.75 Å². The van der Waals surface area contributed by atoms with E-state index in [2.05, 4.69) is 21.2 Å². The number of rotatable bonds is 10. The zero-order valence-corrected chi connectivity index (χ0v) is 26.2. The van der Waals surface area contributed by atoms with Crippen LogP contribution in [0.2, 0.25) is 5.02 Å². The molecule has 0 saturated carbocycles. The number of hydrogen-bond donors (Lipinski definition) is 1. The number of halogens is 2. The average molecular weight is 683 g/mol. The number of nitrogens with zero attached hydrogens (tertiary/aromatic N) is 2. The van der Waals surface area contributed by atoms with Crippen molar-refractivity contribution in [3.63, 3.8) is 0 Å². The van der Waals surface area contributed by atoms with Crippen molar-refractivity contribution in [2.45, 2.75) is 24.0 Å². The lowest BCUT2D eigenvalue weighted by atomic mass is 10.1. The Kier molecular flexibility index (Phi) is 9.82. The van der Waals surface area contributed by atoms with E-state index in [1.807, 2.05) is 42.5 Å². The van der Waals surface area contributed by atoms with Gasteiger partial charge in [-0.15, -0.1) is 0 Å². The molecule has 5 rings (SSSR count). The maximum Gasteiger partial charge on any atom is 0.262 e. The predicted octanol–water partition coefficient (Wildman–Crippen LogP) is 5.45. The van der Waals surface area contributed by atoms with Crippen molar-refractivity contribution in [3.8, 4) is 5.75 Å². The van der Waals surface area contributed by atoms with Crippen LogP contribution in [0, 0.1) is 0 Å². The largest absolute Gasteiger partial charge is 0.477 e. The molecule has 0 fully saturated rings. The molecule has 2 amide bonds. The number of amides is 2. The van der Waals surface area contributed by atoms with Gasteiger partial charge in [-0.1, -0.05) is 82.1 Å². The summed E-state index contributed by atoms with van der Waals surface area (Å²) < 4.78 is 35.6. The first-order valence-corrected chi connectivity index (χ1v) is 16.2. The van der Waals surface area contributed by atoms with Gasteiger partial charge in [-0.3, -0.25) is 9.59 Å². The molecule has 8 nitrogen and oxygen atoms in total. The number of ether oxygens (including phenoxy) is 1. The fourth-order valence-electron chi connectivity index (χ4n) is 4.71. The van der Waals surface area contributed by atoms with Crippen LogP contribution in [0.1, 0.15) is 11.1 Å². The molecule has 0 radical (unpaired) electrons. The molecule has 4 aromatic carbocycles. The van der Waals surface area contributed by atoms with Gasteiger partial charge in [0.2, 0.25) is 15.9 Å². The summed E-state index contributed by atoms with van der Waals surface area (Å²) in [6, 6.07) is 29.7. The van der Waals surface area contributed by atoms with E-state index >= 15 is 0 Å². The molecule has 0 aliphatic carbocycles. The average Bonchev–Trinajstić information content (AvgIpc) is 3.01. The minimum Gasteiger partial charge on any atom is -0.477 e. The zero-order valence-electron chi connectivity index (χ0n) is 23.0. The molecule has 43 heavy (non-hydrogen) atoms. The van der Waals surface area contributed by atoms with Gasteiger partial charge < -0.3 is 15.0 Å². The number of carbonyl (C=O) groups is 2. The Morgan fingerprint density at radius 1 is 0.907 bits per heavy atom. The van der Waals surface area contributed by atoms with Crippen molar-refractivity contribution >= 4 is 55.1 Å². The molecule has 11 heteroatoms. The third-order valence-electron chi connectivity index (χ3n) is 6.96. The predicted molar refractivity (Wildman–Crippen MR) is 170 cm³/mol. The highest BCUT2D eigenvalue weighted by Crippen LogP contribution is 2.34. The van der Waals surface area contributed by atoms with Crippen molar-refractivity contribution in [2.75, 3.05) is 24.5 Å². The highest BCUT2D eigenvalue weighted by Gasteiger charge is 2.36. The molecule has 1 unspecified atom stereocenters. The zero-order chi connectivity index (χ0) is 30.4. The first-order chi connectivity index (χ1) is 20.7. The van der Waals surface area contributed by atoms with Crippen LogP contribution in [0.3, 0.4) is 0 Å². The number of sulfonamides is 1. The van der Waals surface area contributed by atoms with E-state index in [0.29, 0.717) is 35.0 Å². The molecule has 4 aromatic rings. The molecule has 1 heterocycles. The Bertz CT molecular complexity index is 1690. The molecular weight excluding hydrogens is 654 g/mol. The van der Waals surface area contributed by atoms with Gasteiger partial charge in [0.05, 0.1) is 23.7 Å². The van der Waals surface area contributed by atoms with Crippen molar-refractivity contribution in [1.29, 1.82) is 0 Å². The summed E-state index contributed by atoms with van der Waals surface area (Å²) in [6.45, 7) is -0.171. The molecule has 0 aromatic heterocycles. The first kappa shape index (κ1) is 30.7. The van der Waals surface area contributed by atoms with Crippen molar-refractivity contribution in [2.24, 2.45) is 0 Å². The van der Waals surface area contributed by atoms with Gasteiger partial charge in [0.25, 0.3) is 5.91 Å². The lowest BCUT2D eigenvalue weighted by Crippen LogP contribution is -2.53. The summed E-state index contributed by atoms with van der Waals surface area (Å²) in [6.07, 6.45) is -0.325. The maximum atomic E-state index is 13.9. The van der Waals surface area contributed by atoms with E-state index in [4.69, 9.17) is 16.3 Å². The van der Waals surface area contributed by atoms with Crippen LogP contribution in [-0.4, -0.2) is 50.3 Å². The normalized spacial score (nSPS) is 14.6. The van der Waals surface area contributed by atoms with E-state index in [1.54, 1.807) is 36.4 Å². The highest BCUT2D eigenvalue weighted by atomic mass is 79.9. The van der Waals surface area contributed by atoms with Gasteiger partial charge >= 0.3 is 0 Å². The third-order valence-corrected chi connectivity index (χ3v) is 9.54. The van der Waals surface area contributed by atoms with E-state index < -0.39 is 28.6 Å². The summed E-state index contributed by atoms with van der Waals surface area (Å²) in [5.74, 6) is -0.485. The summed E-state index contributed by atoms with van der Waals surface area (Å²) in [5.41, 5.74) is 2.25. The minimum absolute atomic E-state index is 0.0138. The lowest BCUT2D eigenvalue weighted by molar-refractivity contribution is -0.128. The molecule has 1 N–H and O–H groups in total. The van der Waals surface area contributed by atoms with Gasteiger partial charge in [-0.25, -0.2) is 8.42 Å². The highest BCUT2D eigenvalue weighted by molar-refractivity contribution is 9.10. The van der Waals surface area contributed by atoms with Crippen molar-refractivity contribution in [1.82, 2.24) is 9.62 Å². The molecule has 1 atom stereocenters. The second-order valence-corrected chi connectivity index (χ2v) is 13.2. The fraction of sp³-hybridized carbons (Fsp3) is 0.188. The number of para-hydroxylation sites is 2. The van der Waals surface area contributed by atoms with E-state index in [0.717, 1.165) is 14.3 Å². The molecule has 0 saturated heterocycles. The Hall–Kier alpha value is -3.70. The number of fused-ring (bicyclic) bond motifs is 1. The third kappa shape index (κ3) is 7.64. The van der Waals surface area contributed by atoms with Crippen molar-refractivity contribution in [3.05, 3.63) is 124 Å². The van der Waals surface area contributed by atoms with Gasteiger partial charge in [-0.2, -0.15) is 4.31 Å². The van der Waals surface area contributed by atoms with Gasteiger partial charge in [0.1, 0.15) is 5.75 Å². The van der Waals surface area contributed by atoms with Gasteiger partial charge in [0.15, 0.2) is 6.10 Å². The van der Waals surface area contributed by atoms with Crippen LogP contribution in [0.4, 0.5) is 5.69 Å². The van der Waals surface area contributed by atoms with E-state index in [9.17, 15) is 18.0 Å². The Labute approximate surface area is 264 Å². The molecule has 222 valence electrons. The Morgan fingerprint density at radius 2 is 1.58 bits per heavy atom. The number of hydrogen-bond acceptors (Lipinski definition) is 5. The topological polar surface area (TPSA) is 96.0 Å². The van der Waals surface area contributed by atoms with Crippen LogP contribution in [-0.2, 0) is 32.6 Å². The maximum absolute atomic E-state index is 13.9. The first-order valence-electron chi connectivity index (χ1n) is 13.6. The van der Waals surface area contributed by atoms with Gasteiger partial charge in [-0.05, 0) is 66.1 Å². The van der Waals surface area contributed by atoms with Crippen LogP contribution in [0.25, 0.3) is 0 Å². The minimum atomic E-state index is -4.10. The van der Waals surface area contributed by atoms with Crippen LogP contribution in [0.15, 0.2) is 112 Å². The molecular formula is C32H29BrClN3O5S. The van der Waals surface area contributed by atoms with Crippen LogP contribution >= 0.6 is 27.5 Å². The Morgan fingerprint density at radius 3 is 2.30 bits per heavy atom. The summed E-state index contributed by atoms with van der Waals surface area (Å²) in [5, 5.41) is 3.29. The molecule has 0 bridgehead atoms. The Balaban J connectivity index is 1.37. The molecule has 1 aliphatic rings. The fourth-order valence-corrected chi connectivity index (χ4v) is 6.47. The van der Waals surface area contributed by atoms with E-state index in [1.165, 1.54) is 29.2 Å². The van der Waals surface area contributed by atoms with Gasteiger partial charge in [0, 0.05) is 22.6 Å². The monoisotopic (exact) mass is 681 g/mol. The van der Waals surface area contributed by atoms with E-state index in [-0.39, 0.29) is 23.9 Å². The van der Waals surface area contributed by atoms with Crippen LogP contribution < -0.4 is 15.0 Å². The standard InChI is InChI=1S/C32H29BrClN3O5S/c33-25-12-10-24(11-13-25)20-36(43(40,41)27-16-14-26(34)15-17-27)22-31(38)37-21-30(42-29-9-5-4-8-28(29)37)32(39)35-19-18-23-6-2-1-3-7-23/h1-17,30H,18-22H2,(H,35,39).